The second kappa shape index (κ2) is 8.57. The lowest BCUT2D eigenvalue weighted by Crippen LogP contribution is -2.27. The van der Waals surface area contributed by atoms with Crippen LogP contribution in [0.5, 0.6) is 0 Å². The van der Waals surface area contributed by atoms with Crippen molar-refractivity contribution in [2.24, 2.45) is 5.41 Å². The first-order chi connectivity index (χ1) is 9.15. The highest BCUT2D eigenvalue weighted by molar-refractivity contribution is 5.69. The van der Waals surface area contributed by atoms with E-state index in [0.717, 1.165) is 12.8 Å². The number of likely N-dealkylation sites (tertiary alicyclic amines) is 1. The van der Waals surface area contributed by atoms with Crippen LogP contribution in [0.25, 0.3) is 0 Å². The molecule has 0 saturated carbocycles. The maximum Gasteiger partial charge on any atom is 0.305 e. The number of hydrogen-bond donors (Lipinski definition) is 0. The molecular weight excluding hydrogens is 238 g/mol. The van der Waals surface area contributed by atoms with E-state index in [2.05, 4.69) is 18.7 Å². The summed E-state index contributed by atoms with van der Waals surface area (Å²) in [6, 6.07) is 0. The van der Waals surface area contributed by atoms with Crippen molar-refractivity contribution >= 4 is 5.97 Å². The SMILES string of the molecule is CCOC(=O)CCCCCN1CCC(CC)(CC)C1. The molecule has 1 aliphatic heterocycles. The molecule has 0 aromatic rings. The highest BCUT2D eigenvalue weighted by Gasteiger charge is 2.34. The van der Waals surface area contributed by atoms with Crippen molar-refractivity contribution in [3.05, 3.63) is 0 Å². The quantitative estimate of drug-likeness (QED) is 0.473. The maximum absolute atomic E-state index is 11.2. The average molecular weight is 269 g/mol. The molecule has 0 aliphatic carbocycles. The Morgan fingerprint density at radius 1 is 1.16 bits per heavy atom. The molecule has 0 radical (unpaired) electrons. The van der Waals surface area contributed by atoms with Crippen LogP contribution in [-0.2, 0) is 9.53 Å². The van der Waals surface area contributed by atoms with Gasteiger partial charge in [0.2, 0.25) is 0 Å². The summed E-state index contributed by atoms with van der Waals surface area (Å²) in [5, 5.41) is 0. The molecule has 3 nitrogen and oxygen atoms in total. The Morgan fingerprint density at radius 3 is 2.47 bits per heavy atom. The topological polar surface area (TPSA) is 29.5 Å². The number of carbonyl (C=O) groups excluding carboxylic acids is 1. The van der Waals surface area contributed by atoms with Crippen LogP contribution in [0.3, 0.4) is 0 Å². The lowest BCUT2D eigenvalue weighted by molar-refractivity contribution is -0.143. The van der Waals surface area contributed by atoms with Gasteiger partial charge in [-0.05, 0) is 57.5 Å². The fraction of sp³-hybridized carbons (Fsp3) is 0.938. The van der Waals surface area contributed by atoms with Crippen molar-refractivity contribution in [3.63, 3.8) is 0 Å². The summed E-state index contributed by atoms with van der Waals surface area (Å²) in [5.41, 5.74) is 0.588. The number of ether oxygens (including phenoxy) is 1. The molecule has 19 heavy (non-hydrogen) atoms. The van der Waals surface area contributed by atoms with Crippen LogP contribution in [-0.4, -0.2) is 37.1 Å². The van der Waals surface area contributed by atoms with E-state index < -0.39 is 0 Å². The third-order valence-electron chi connectivity index (χ3n) is 4.68. The van der Waals surface area contributed by atoms with Crippen molar-refractivity contribution in [3.8, 4) is 0 Å². The van der Waals surface area contributed by atoms with Crippen molar-refractivity contribution in [2.45, 2.75) is 65.7 Å². The van der Waals surface area contributed by atoms with Gasteiger partial charge in [0.15, 0.2) is 0 Å². The van der Waals surface area contributed by atoms with Gasteiger partial charge in [-0.3, -0.25) is 4.79 Å². The summed E-state index contributed by atoms with van der Waals surface area (Å²) in [4.78, 5) is 13.8. The molecule has 0 amide bonds. The molecule has 0 bridgehead atoms. The summed E-state index contributed by atoms with van der Waals surface area (Å²) in [7, 11) is 0. The Balaban J connectivity index is 2.06. The Kier molecular flexibility index (Phi) is 7.44. The van der Waals surface area contributed by atoms with Crippen LogP contribution in [0.15, 0.2) is 0 Å². The van der Waals surface area contributed by atoms with Gasteiger partial charge in [-0.25, -0.2) is 0 Å². The highest BCUT2D eigenvalue weighted by atomic mass is 16.5. The fourth-order valence-corrected chi connectivity index (χ4v) is 3.06. The van der Waals surface area contributed by atoms with Crippen molar-refractivity contribution in [2.75, 3.05) is 26.2 Å². The van der Waals surface area contributed by atoms with Gasteiger partial charge in [-0.2, -0.15) is 0 Å². The highest BCUT2D eigenvalue weighted by Crippen LogP contribution is 2.36. The summed E-state index contributed by atoms with van der Waals surface area (Å²) >= 11 is 0. The number of carbonyl (C=O) groups is 1. The van der Waals surface area contributed by atoms with E-state index in [1.165, 1.54) is 45.3 Å². The van der Waals surface area contributed by atoms with E-state index in [-0.39, 0.29) is 5.97 Å². The zero-order valence-corrected chi connectivity index (χ0v) is 13.0. The van der Waals surface area contributed by atoms with E-state index in [1.54, 1.807) is 0 Å². The smallest absolute Gasteiger partial charge is 0.305 e. The van der Waals surface area contributed by atoms with Gasteiger partial charge >= 0.3 is 5.97 Å². The van der Waals surface area contributed by atoms with Crippen LogP contribution in [0, 0.1) is 5.41 Å². The van der Waals surface area contributed by atoms with Gasteiger partial charge in [-0.1, -0.05) is 20.3 Å². The maximum atomic E-state index is 11.2. The fourth-order valence-electron chi connectivity index (χ4n) is 3.06. The largest absolute Gasteiger partial charge is 0.466 e. The van der Waals surface area contributed by atoms with E-state index in [1.807, 2.05) is 6.92 Å². The zero-order valence-electron chi connectivity index (χ0n) is 13.0. The Bertz CT molecular complexity index is 261. The van der Waals surface area contributed by atoms with Crippen LogP contribution in [0.4, 0.5) is 0 Å². The van der Waals surface area contributed by atoms with Crippen LogP contribution in [0.1, 0.15) is 65.7 Å². The van der Waals surface area contributed by atoms with Crippen molar-refractivity contribution in [1.82, 2.24) is 4.90 Å². The monoisotopic (exact) mass is 269 g/mol. The first-order valence-corrected chi connectivity index (χ1v) is 8.03. The molecule has 1 aliphatic rings. The molecular formula is C16H31NO2. The third kappa shape index (κ3) is 5.52. The molecule has 3 heteroatoms. The molecule has 0 spiro atoms. The molecule has 1 saturated heterocycles. The predicted octanol–water partition coefficient (Wildman–Crippen LogP) is 3.62. The molecule has 1 rings (SSSR count). The van der Waals surface area contributed by atoms with E-state index in [0.29, 0.717) is 18.4 Å². The number of esters is 1. The van der Waals surface area contributed by atoms with Gasteiger partial charge in [0.1, 0.15) is 0 Å². The van der Waals surface area contributed by atoms with Gasteiger partial charge in [-0.15, -0.1) is 0 Å². The van der Waals surface area contributed by atoms with Crippen molar-refractivity contribution in [1.29, 1.82) is 0 Å². The van der Waals surface area contributed by atoms with E-state index in [9.17, 15) is 4.79 Å². The minimum absolute atomic E-state index is 0.0420. The van der Waals surface area contributed by atoms with Crippen LogP contribution < -0.4 is 0 Å². The van der Waals surface area contributed by atoms with Gasteiger partial charge in [0.25, 0.3) is 0 Å². The minimum atomic E-state index is -0.0420. The van der Waals surface area contributed by atoms with Crippen molar-refractivity contribution < 1.29 is 9.53 Å². The van der Waals surface area contributed by atoms with E-state index >= 15 is 0 Å². The third-order valence-corrected chi connectivity index (χ3v) is 4.68. The molecule has 0 N–H and O–H groups in total. The second-order valence-corrected chi connectivity index (χ2v) is 5.85. The zero-order chi connectivity index (χ0) is 14.1. The van der Waals surface area contributed by atoms with Gasteiger partial charge in [0, 0.05) is 13.0 Å². The molecule has 0 aromatic carbocycles. The summed E-state index contributed by atoms with van der Waals surface area (Å²) in [6.45, 7) is 10.8. The number of unbranched alkanes of at least 4 members (excludes halogenated alkanes) is 2. The molecule has 112 valence electrons. The standard InChI is InChI=1S/C16H31NO2/c1-4-16(5-2)11-13-17(14-16)12-9-7-8-10-15(18)19-6-3/h4-14H2,1-3H3. The molecule has 1 fully saturated rings. The van der Waals surface area contributed by atoms with Gasteiger partial charge < -0.3 is 9.64 Å². The Morgan fingerprint density at radius 2 is 1.89 bits per heavy atom. The summed E-state index contributed by atoms with van der Waals surface area (Å²) in [5.74, 6) is -0.0420. The van der Waals surface area contributed by atoms with Crippen LogP contribution in [0.2, 0.25) is 0 Å². The number of hydrogen-bond acceptors (Lipinski definition) is 3. The van der Waals surface area contributed by atoms with Gasteiger partial charge in [0.05, 0.1) is 6.61 Å². The first-order valence-electron chi connectivity index (χ1n) is 8.03. The molecule has 0 atom stereocenters. The average Bonchev–Trinajstić information content (AvgIpc) is 2.83. The summed E-state index contributed by atoms with van der Waals surface area (Å²) < 4.78 is 4.93. The van der Waals surface area contributed by atoms with Crippen LogP contribution >= 0.6 is 0 Å². The Labute approximate surface area is 118 Å². The van der Waals surface area contributed by atoms with E-state index in [4.69, 9.17) is 4.74 Å². The molecule has 0 aromatic heterocycles. The normalized spacial score (nSPS) is 18.7. The predicted molar refractivity (Wildman–Crippen MR) is 79.2 cm³/mol. The number of nitrogens with zero attached hydrogens (tertiary/aromatic N) is 1. The summed E-state index contributed by atoms with van der Waals surface area (Å²) in [6.07, 6.45) is 7.89. The molecule has 1 heterocycles. The lowest BCUT2D eigenvalue weighted by atomic mass is 9.82. The minimum Gasteiger partial charge on any atom is -0.466 e. The second-order valence-electron chi connectivity index (χ2n) is 5.85. The Hall–Kier alpha value is -0.570. The first kappa shape index (κ1) is 16.5. The lowest BCUT2D eigenvalue weighted by Gasteiger charge is -2.26. The molecule has 0 unspecified atom stereocenters. The number of rotatable bonds is 9.